The van der Waals surface area contributed by atoms with E-state index in [0.29, 0.717) is 18.0 Å². The van der Waals surface area contributed by atoms with Gasteiger partial charge in [-0.2, -0.15) is 0 Å². The van der Waals surface area contributed by atoms with Gasteiger partial charge in [-0.1, -0.05) is 25.5 Å². The summed E-state index contributed by atoms with van der Waals surface area (Å²) in [6, 6.07) is 5.36. The van der Waals surface area contributed by atoms with Crippen molar-refractivity contribution in [1.82, 2.24) is 4.72 Å². The first-order valence-electron chi connectivity index (χ1n) is 7.22. The fraction of sp³-hybridized carbons (Fsp3) is 0.600. The quantitative estimate of drug-likeness (QED) is 0.846. The maximum atomic E-state index is 12.5. The molecule has 0 aromatic heterocycles. The van der Waals surface area contributed by atoms with Crippen molar-refractivity contribution in [2.24, 2.45) is 11.1 Å². The van der Waals surface area contributed by atoms with Crippen molar-refractivity contribution in [1.29, 1.82) is 0 Å². The molecule has 0 bridgehead atoms. The Bertz CT molecular complexity index is 572. The summed E-state index contributed by atoms with van der Waals surface area (Å²) < 4.78 is 27.7. The van der Waals surface area contributed by atoms with Crippen molar-refractivity contribution in [2.75, 3.05) is 6.54 Å². The van der Waals surface area contributed by atoms with Gasteiger partial charge in [0.15, 0.2) is 0 Å². The molecule has 0 saturated heterocycles. The lowest BCUT2D eigenvalue weighted by molar-refractivity contribution is 0.133. The second-order valence-corrected chi connectivity index (χ2v) is 7.57. The normalized spacial score (nSPS) is 17.8. The molecule has 1 aliphatic carbocycles. The van der Waals surface area contributed by atoms with Crippen LogP contribution in [0.15, 0.2) is 23.1 Å². The molecular weight excluding hydrogens is 272 g/mol. The van der Waals surface area contributed by atoms with Crippen LogP contribution < -0.4 is 10.5 Å². The highest BCUT2D eigenvalue weighted by molar-refractivity contribution is 7.89. The van der Waals surface area contributed by atoms with Crippen LogP contribution in [0.25, 0.3) is 0 Å². The molecule has 3 N–H and O–H groups in total. The van der Waals surface area contributed by atoms with Gasteiger partial charge in [0.2, 0.25) is 10.0 Å². The Morgan fingerprint density at radius 1 is 1.35 bits per heavy atom. The van der Waals surface area contributed by atoms with Crippen LogP contribution in [0.3, 0.4) is 0 Å². The number of rotatable bonds is 6. The number of hydrogen-bond donors (Lipinski definition) is 2. The lowest BCUT2D eigenvalue weighted by atomic mass is 9.67. The number of nitrogens with two attached hydrogens (primary N) is 1. The van der Waals surface area contributed by atoms with Crippen LogP contribution in [0.1, 0.15) is 43.7 Å². The number of nitrogens with one attached hydrogen (secondary N) is 1. The van der Waals surface area contributed by atoms with Crippen LogP contribution in [0.5, 0.6) is 0 Å². The highest BCUT2D eigenvalue weighted by Gasteiger charge is 2.36. The molecule has 2 rings (SSSR count). The summed E-state index contributed by atoms with van der Waals surface area (Å²) in [7, 11) is -3.45. The van der Waals surface area contributed by atoms with Crippen molar-refractivity contribution < 1.29 is 8.42 Å². The minimum Gasteiger partial charge on any atom is -0.326 e. The third kappa shape index (κ3) is 3.05. The Labute approximate surface area is 121 Å². The first kappa shape index (κ1) is 15.5. The minimum atomic E-state index is -3.45. The zero-order chi connectivity index (χ0) is 14.8. The monoisotopic (exact) mass is 296 g/mol. The van der Waals surface area contributed by atoms with E-state index in [1.807, 2.05) is 19.1 Å². The van der Waals surface area contributed by atoms with Crippen molar-refractivity contribution in [3.8, 4) is 0 Å². The predicted molar refractivity (Wildman–Crippen MR) is 80.8 cm³/mol. The molecule has 0 heterocycles. The Balaban J connectivity index is 2.18. The summed E-state index contributed by atoms with van der Waals surface area (Å²) in [5, 5.41) is 0. The molecule has 112 valence electrons. The summed E-state index contributed by atoms with van der Waals surface area (Å²) in [5.74, 6) is 0. The Kier molecular flexibility index (Phi) is 4.52. The van der Waals surface area contributed by atoms with Gasteiger partial charge >= 0.3 is 0 Å². The molecular formula is C15H24N2O2S. The summed E-state index contributed by atoms with van der Waals surface area (Å²) >= 11 is 0. The highest BCUT2D eigenvalue weighted by atomic mass is 32.2. The van der Waals surface area contributed by atoms with E-state index >= 15 is 0 Å². The number of benzene rings is 1. The SMILES string of the molecule is CCC1(CNS(=O)(=O)c2cc(CN)ccc2C)CCC1. The molecule has 0 atom stereocenters. The molecule has 1 aromatic rings. The van der Waals surface area contributed by atoms with E-state index in [-0.39, 0.29) is 5.41 Å². The summed E-state index contributed by atoms with van der Waals surface area (Å²) in [6.45, 7) is 4.83. The molecule has 4 nitrogen and oxygen atoms in total. The van der Waals surface area contributed by atoms with E-state index in [2.05, 4.69) is 11.6 Å². The lowest BCUT2D eigenvalue weighted by Crippen LogP contribution is -2.41. The topological polar surface area (TPSA) is 72.2 Å². The van der Waals surface area contributed by atoms with Crippen molar-refractivity contribution in [2.45, 2.75) is 51.0 Å². The van der Waals surface area contributed by atoms with Gasteiger partial charge in [-0.3, -0.25) is 0 Å². The maximum absolute atomic E-state index is 12.5. The van der Waals surface area contributed by atoms with E-state index in [9.17, 15) is 8.42 Å². The molecule has 20 heavy (non-hydrogen) atoms. The van der Waals surface area contributed by atoms with Crippen molar-refractivity contribution in [3.63, 3.8) is 0 Å². The van der Waals surface area contributed by atoms with Crippen LogP contribution in [0, 0.1) is 12.3 Å². The third-order valence-electron chi connectivity index (χ3n) is 4.58. The second-order valence-electron chi connectivity index (χ2n) is 5.84. The fourth-order valence-electron chi connectivity index (χ4n) is 2.72. The van der Waals surface area contributed by atoms with Gasteiger partial charge in [-0.05, 0) is 48.8 Å². The van der Waals surface area contributed by atoms with Crippen LogP contribution in [-0.2, 0) is 16.6 Å². The Hall–Kier alpha value is -0.910. The van der Waals surface area contributed by atoms with Gasteiger partial charge in [-0.15, -0.1) is 0 Å². The summed E-state index contributed by atoms with van der Waals surface area (Å²) in [6.07, 6.45) is 4.47. The van der Waals surface area contributed by atoms with Crippen LogP contribution in [0.4, 0.5) is 0 Å². The molecule has 0 aliphatic heterocycles. The molecule has 5 heteroatoms. The molecule has 1 aromatic carbocycles. The number of hydrogen-bond acceptors (Lipinski definition) is 3. The van der Waals surface area contributed by atoms with E-state index in [0.717, 1.165) is 30.4 Å². The molecule has 0 spiro atoms. The average molecular weight is 296 g/mol. The lowest BCUT2D eigenvalue weighted by Gasteiger charge is -2.41. The molecule has 0 amide bonds. The van der Waals surface area contributed by atoms with Crippen LogP contribution in [-0.4, -0.2) is 15.0 Å². The zero-order valence-electron chi connectivity index (χ0n) is 12.3. The largest absolute Gasteiger partial charge is 0.326 e. The second kappa shape index (κ2) is 5.84. The number of aryl methyl sites for hydroxylation is 1. The van der Waals surface area contributed by atoms with Gasteiger partial charge in [-0.25, -0.2) is 13.1 Å². The molecule has 1 saturated carbocycles. The fourth-order valence-corrected chi connectivity index (χ4v) is 4.17. The van der Waals surface area contributed by atoms with Crippen molar-refractivity contribution in [3.05, 3.63) is 29.3 Å². The minimum absolute atomic E-state index is 0.173. The Morgan fingerprint density at radius 2 is 2.05 bits per heavy atom. The van der Waals surface area contributed by atoms with E-state index in [1.54, 1.807) is 6.07 Å². The van der Waals surface area contributed by atoms with Gasteiger partial charge in [0.1, 0.15) is 0 Å². The molecule has 0 radical (unpaired) electrons. The highest BCUT2D eigenvalue weighted by Crippen LogP contribution is 2.43. The Morgan fingerprint density at radius 3 is 2.55 bits per heavy atom. The maximum Gasteiger partial charge on any atom is 0.240 e. The first-order chi connectivity index (χ1) is 9.42. The predicted octanol–water partition coefficient (Wildman–Crippen LogP) is 2.31. The van der Waals surface area contributed by atoms with Gasteiger partial charge in [0.05, 0.1) is 4.90 Å². The third-order valence-corrected chi connectivity index (χ3v) is 6.12. The molecule has 0 unspecified atom stereocenters. The standard InChI is InChI=1S/C15H24N2O2S/c1-3-15(7-4-8-15)11-17-20(18,19)14-9-13(10-16)6-5-12(14)2/h5-6,9,17H,3-4,7-8,10-11,16H2,1-2H3. The van der Waals surface area contributed by atoms with Crippen molar-refractivity contribution >= 4 is 10.0 Å². The summed E-state index contributed by atoms with van der Waals surface area (Å²) in [5.41, 5.74) is 7.36. The molecule has 1 aliphatic rings. The summed E-state index contributed by atoms with van der Waals surface area (Å²) in [4.78, 5) is 0.353. The first-order valence-corrected chi connectivity index (χ1v) is 8.70. The van der Waals surface area contributed by atoms with E-state index in [1.165, 1.54) is 6.42 Å². The van der Waals surface area contributed by atoms with Gasteiger partial charge < -0.3 is 5.73 Å². The van der Waals surface area contributed by atoms with Crippen LogP contribution in [0.2, 0.25) is 0 Å². The van der Waals surface area contributed by atoms with Gasteiger partial charge in [0, 0.05) is 13.1 Å². The smallest absolute Gasteiger partial charge is 0.240 e. The molecule has 1 fully saturated rings. The van der Waals surface area contributed by atoms with E-state index < -0.39 is 10.0 Å². The van der Waals surface area contributed by atoms with Gasteiger partial charge in [0.25, 0.3) is 0 Å². The van der Waals surface area contributed by atoms with Crippen LogP contribution >= 0.6 is 0 Å². The van der Waals surface area contributed by atoms with E-state index in [4.69, 9.17) is 5.73 Å². The zero-order valence-corrected chi connectivity index (χ0v) is 13.1. The average Bonchev–Trinajstić information content (AvgIpc) is 2.38. The number of sulfonamides is 1.